The quantitative estimate of drug-likeness (QED) is 0.772. The number of nitrogens with one attached hydrogen (secondary N) is 2. The Morgan fingerprint density at radius 2 is 2.20 bits per heavy atom. The summed E-state index contributed by atoms with van der Waals surface area (Å²) in [4.78, 5) is 11.6. The van der Waals surface area contributed by atoms with Crippen LogP contribution in [0.2, 0.25) is 0 Å². The molecule has 3 atom stereocenters. The van der Waals surface area contributed by atoms with Crippen molar-refractivity contribution in [2.75, 3.05) is 10.6 Å². The maximum absolute atomic E-state index is 11.6. The van der Waals surface area contributed by atoms with E-state index >= 15 is 0 Å². The number of ether oxygens (including phenoxy) is 1. The van der Waals surface area contributed by atoms with E-state index in [0.717, 1.165) is 12.1 Å². The fourth-order valence-corrected chi connectivity index (χ4v) is 2.65. The third-order valence-corrected chi connectivity index (χ3v) is 4.47. The van der Waals surface area contributed by atoms with Crippen LogP contribution in [0.25, 0.3) is 0 Å². The minimum absolute atomic E-state index is 0.131. The Bertz CT molecular complexity index is 556. The van der Waals surface area contributed by atoms with Crippen LogP contribution in [0.3, 0.4) is 0 Å². The summed E-state index contributed by atoms with van der Waals surface area (Å²) in [6, 6.07) is 5.90. The Morgan fingerprint density at radius 1 is 1.45 bits per heavy atom. The molecule has 1 aliphatic carbocycles. The highest BCUT2D eigenvalue weighted by molar-refractivity contribution is 5.98. The molecule has 0 spiro atoms. The first-order valence-electron chi connectivity index (χ1n) is 6.94. The lowest BCUT2D eigenvalue weighted by Crippen LogP contribution is -2.56. The number of benzene rings is 1. The summed E-state index contributed by atoms with van der Waals surface area (Å²) < 4.78 is 5.52. The molecule has 0 aromatic heterocycles. The van der Waals surface area contributed by atoms with Gasteiger partial charge in [0, 0.05) is 17.1 Å². The summed E-state index contributed by atoms with van der Waals surface area (Å²) in [6.45, 7) is 5.82. The Labute approximate surface area is 118 Å². The molecule has 5 nitrogen and oxygen atoms in total. The van der Waals surface area contributed by atoms with Crippen molar-refractivity contribution in [3.8, 4) is 5.75 Å². The Morgan fingerprint density at radius 3 is 2.85 bits per heavy atom. The summed E-state index contributed by atoms with van der Waals surface area (Å²) >= 11 is 0. The van der Waals surface area contributed by atoms with Gasteiger partial charge in [-0.05, 0) is 31.5 Å². The molecule has 5 heteroatoms. The Kier molecular flexibility index (Phi) is 2.90. The van der Waals surface area contributed by atoms with Crippen molar-refractivity contribution in [3.05, 3.63) is 18.2 Å². The average Bonchev–Trinajstić information content (AvgIpc) is 2.40. The fourth-order valence-electron chi connectivity index (χ4n) is 2.65. The molecule has 1 fully saturated rings. The first kappa shape index (κ1) is 13.2. The summed E-state index contributed by atoms with van der Waals surface area (Å²) in [5.74, 6) is 0.560. The van der Waals surface area contributed by atoms with Crippen molar-refractivity contribution < 1.29 is 14.6 Å². The molecule has 20 heavy (non-hydrogen) atoms. The van der Waals surface area contributed by atoms with Crippen LogP contribution < -0.4 is 15.4 Å². The van der Waals surface area contributed by atoms with Crippen LogP contribution in [0.4, 0.5) is 11.4 Å². The molecule has 1 aliphatic heterocycles. The second-order valence-corrected chi connectivity index (χ2v) is 6.23. The third kappa shape index (κ3) is 2.02. The number of carbonyl (C=O) groups excluding carboxylic acids is 1. The summed E-state index contributed by atoms with van der Waals surface area (Å²) in [5, 5.41) is 16.0. The molecule has 1 amide bonds. The second-order valence-electron chi connectivity index (χ2n) is 6.23. The molecule has 3 N–H and O–H groups in total. The van der Waals surface area contributed by atoms with Gasteiger partial charge in [0.25, 0.3) is 5.91 Å². The van der Waals surface area contributed by atoms with Crippen LogP contribution in [0.15, 0.2) is 18.2 Å². The number of anilines is 2. The van der Waals surface area contributed by atoms with Crippen molar-refractivity contribution in [1.29, 1.82) is 0 Å². The van der Waals surface area contributed by atoms with E-state index in [1.165, 1.54) is 0 Å². The van der Waals surface area contributed by atoms with E-state index in [9.17, 15) is 9.90 Å². The molecule has 3 unspecified atom stereocenters. The Balaban J connectivity index is 1.77. The number of carbonyl (C=O) groups is 1. The smallest absolute Gasteiger partial charge is 0.265 e. The molecule has 1 heterocycles. The Hall–Kier alpha value is -1.75. The monoisotopic (exact) mass is 276 g/mol. The van der Waals surface area contributed by atoms with Crippen molar-refractivity contribution in [2.24, 2.45) is 5.41 Å². The van der Waals surface area contributed by atoms with Gasteiger partial charge in [0.2, 0.25) is 0 Å². The molecule has 3 rings (SSSR count). The topological polar surface area (TPSA) is 70.6 Å². The van der Waals surface area contributed by atoms with Gasteiger partial charge in [-0.2, -0.15) is 0 Å². The van der Waals surface area contributed by atoms with E-state index in [4.69, 9.17) is 4.74 Å². The predicted octanol–water partition coefficient (Wildman–Crippen LogP) is 1.98. The zero-order chi connectivity index (χ0) is 14.5. The minimum atomic E-state index is -0.456. The number of aliphatic hydroxyl groups is 1. The largest absolute Gasteiger partial charge is 0.479 e. The lowest BCUT2D eigenvalue weighted by Gasteiger charge is -2.49. The van der Waals surface area contributed by atoms with Crippen LogP contribution in [0, 0.1) is 5.41 Å². The standard InChI is InChI=1S/C15H20N2O3/c1-8-14(19)17-10-6-9(4-5-11(10)20-8)16-12-7-13(18)15(12,2)3/h4-6,8,12-13,16,18H,7H2,1-3H3,(H,17,19). The first-order chi connectivity index (χ1) is 9.38. The zero-order valence-corrected chi connectivity index (χ0v) is 11.9. The van der Waals surface area contributed by atoms with Crippen molar-refractivity contribution >= 4 is 17.3 Å². The molecule has 0 saturated heterocycles. The molecule has 1 aromatic rings. The van der Waals surface area contributed by atoms with Crippen LogP contribution in [0.1, 0.15) is 27.2 Å². The molecular weight excluding hydrogens is 256 g/mol. The van der Waals surface area contributed by atoms with Crippen LogP contribution in [0.5, 0.6) is 5.75 Å². The summed E-state index contributed by atoms with van der Waals surface area (Å²) in [5.41, 5.74) is 1.48. The molecule has 2 aliphatic rings. The molecule has 1 aromatic carbocycles. The molecule has 0 bridgehead atoms. The summed E-state index contributed by atoms with van der Waals surface area (Å²) in [7, 11) is 0. The molecule has 108 valence electrons. The SMILES string of the molecule is CC1Oc2ccc(NC3CC(O)C3(C)C)cc2NC1=O. The van der Waals surface area contributed by atoms with E-state index in [-0.39, 0.29) is 23.5 Å². The zero-order valence-electron chi connectivity index (χ0n) is 11.9. The van der Waals surface area contributed by atoms with Crippen LogP contribution >= 0.6 is 0 Å². The van der Waals surface area contributed by atoms with Crippen LogP contribution in [-0.4, -0.2) is 29.3 Å². The number of fused-ring (bicyclic) bond motifs is 1. The van der Waals surface area contributed by atoms with Gasteiger partial charge in [-0.3, -0.25) is 4.79 Å². The van der Waals surface area contributed by atoms with E-state index in [1.54, 1.807) is 6.92 Å². The van der Waals surface area contributed by atoms with E-state index in [0.29, 0.717) is 11.4 Å². The highest BCUT2D eigenvalue weighted by Crippen LogP contribution is 2.43. The van der Waals surface area contributed by atoms with Gasteiger partial charge in [0.1, 0.15) is 5.75 Å². The number of hydrogen-bond acceptors (Lipinski definition) is 4. The van der Waals surface area contributed by atoms with Gasteiger partial charge in [-0.25, -0.2) is 0 Å². The molecule has 1 saturated carbocycles. The normalized spacial score (nSPS) is 30.6. The van der Waals surface area contributed by atoms with Crippen LogP contribution in [-0.2, 0) is 4.79 Å². The number of amides is 1. The highest BCUT2D eigenvalue weighted by Gasteiger charge is 2.47. The average molecular weight is 276 g/mol. The minimum Gasteiger partial charge on any atom is -0.479 e. The van der Waals surface area contributed by atoms with Gasteiger partial charge < -0.3 is 20.5 Å². The predicted molar refractivity (Wildman–Crippen MR) is 77.0 cm³/mol. The second kappa shape index (κ2) is 4.38. The number of rotatable bonds is 2. The van der Waals surface area contributed by atoms with Crippen molar-refractivity contribution in [1.82, 2.24) is 0 Å². The van der Waals surface area contributed by atoms with Gasteiger partial charge in [0.15, 0.2) is 6.10 Å². The molecule has 0 radical (unpaired) electrons. The maximum Gasteiger partial charge on any atom is 0.265 e. The van der Waals surface area contributed by atoms with Gasteiger partial charge in [-0.1, -0.05) is 13.8 Å². The number of hydrogen-bond donors (Lipinski definition) is 3. The maximum atomic E-state index is 11.6. The first-order valence-corrected chi connectivity index (χ1v) is 6.94. The molecular formula is C15H20N2O3. The number of aliphatic hydroxyl groups excluding tert-OH is 1. The third-order valence-electron chi connectivity index (χ3n) is 4.47. The van der Waals surface area contributed by atoms with Gasteiger partial charge in [0.05, 0.1) is 11.8 Å². The fraction of sp³-hybridized carbons (Fsp3) is 0.533. The van der Waals surface area contributed by atoms with Gasteiger partial charge >= 0.3 is 0 Å². The van der Waals surface area contributed by atoms with E-state index in [2.05, 4.69) is 10.6 Å². The highest BCUT2D eigenvalue weighted by atomic mass is 16.5. The summed E-state index contributed by atoms with van der Waals surface area (Å²) in [6.07, 6.45) is 0.0211. The van der Waals surface area contributed by atoms with E-state index < -0.39 is 6.10 Å². The van der Waals surface area contributed by atoms with Crippen molar-refractivity contribution in [2.45, 2.75) is 45.4 Å². The lowest BCUT2D eigenvalue weighted by atomic mass is 9.64. The van der Waals surface area contributed by atoms with Gasteiger partial charge in [-0.15, -0.1) is 0 Å². The van der Waals surface area contributed by atoms with Crippen molar-refractivity contribution in [3.63, 3.8) is 0 Å². The lowest BCUT2D eigenvalue weighted by molar-refractivity contribution is -0.122. The van der Waals surface area contributed by atoms with E-state index in [1.807, 2.05) is 32.0 Å².